The summed E-state index contributed by atoms with van der Waals surface area (Å²) in [5.74, 6) is 0. The largest absolute Gasteiger partial charge is 0.263 e. The number of fused-ring (bicyclic) bond motifs is 12. The fraction of sp³-hybridized carbons (Fsp3) is 0.0244. The van der Waals surface area contributed by atoms with E-state index in [1.807, 2.05) is 12.3 Å². The third-order valence-corrected chi connectivity index (χ3v) is 9.40. The van der Waals surface area contributed by atoms with E-state index in [0.717, 1.165) is 16.7 Å². The quantitative estimate of drug-likeness (QED) is 0.217. The summed E-state index contributed by atoms with van der Waals surface area (Å²) < 4.78 is 0. The topological polar surface area (TPSA) is 36.7 Å². The Hall–Kier alpha value is -5.78. The molecule has 0 amide bonds. The molecule has 2 nitrogen and oxygen atoms in total. The van der Waals surface area contributed by atoms with Crippen molar-refractivity contribution in [3.63, 3.8) is 0 Å². The molecule has 0 bridgehead atoms. The van der Waals surface area contributed by atoms with Gasteiger partial charge in [-0.2, -0.15) is 5.26 Å². The highest BCUT2D eigenvalue weighted by atomic mass is 14.6. The zero-order valence-corrected chi connectivity index (χ0v) is 23.3. The van der Waals surface area contributed by atoms with Crippen LogP contribution in [-0.4, -0.2) is 4.98 Å². The molecule has 0 unspecified atom stereocenters. The van der Waals surface area contributed by atoms with Crippen molar-refractivity contribution in [3.05, 3.63) is 174 Å². The third-order valence-electron chi connectivity index (χ3n) is 9.40. The van der Waals surface area contributed by atoms with Gasteiger partial charge in [-0.25, -0.2) is 0 Å². The molecule has 0 saturated heterocycles. The Morgan fingerprint density at radius 3 is 1.84 bits per heavy atom. The van der Waals surface area contributed by atoms with Gasteiger partial charge in [-0.05, 0) is 84.1 Å². The lowest BCUT2D eigenvalue weighted by molar-refractivity contribution is 0.794. The molecule has 1 spiro atoms. The van der Waals surface area contributed by atoms with Gasteiger partial charge in [0.1, 0.15) is 6.07 Å². The molecule has 0 N–H and O–H groups in total. The second-order valence-corrected chi connectivity index (χ2v) is 11.5. The molecule has 1 heterocycles. The van der Waals surface area contributed by atoms with E-state index in [0.29, 0.717) is 5.56 Å². The predicted molar refractivity (Wildman–Crippen MR) is 174 cm³/mol. The first-order chi connectivity index (χ1) is 21.3. The monoisotopic (exact) mass is 544 g/mol. The highest BCUT2D eigenvalue weighted by Crippen LogP contribution is 2.63. The second kappa shape index (κ2) is 8.86. The molecule has 6 aromatic carbocycles. The van der Waals surface area contributed by atoms with Crippen molar-refractivity contribution in [1.82, 2.24) is 4.98 Å². The second-order valence-electron chi connectivity index (χ2n) is 11.5. The van der Waals surface area contributed by atoms with Crippen molar-refractivity contribution in [2.24, 2.45) is 0 Å². The number of pyridine rings is 1. The zero-order valence-electron chi connectivity index (χ0n) is 23.3. The molecule has 2 aliphatic carbocycles. The maximum absolute atomic E-state index is 9.31. The fourth-order valence-electron chi connectivity index (χ4n) is 7.61. The number of hydrogen-bond acceptors (Lipinski definition) is 2. The lowest BCUT2D eigenvalue weighted by Crippen LogP contribution is -2.25. The van der Waals surface area contributed by atoms with Gasteiger partial charge < -0.3 is 0 Å². The Morgan fingerprint density at radius 2 is 1.09 bits per heavy atom. The van der Waals surface area contributed by atoms with E-state index in [-0.39, 0.29) is 5.41 Å². The van der Waals surface area contributed by atoms with E-state index in [9.17, 15) is 5.26 Å². The van der Waals surface area contributed by atoms with Crippen LogP contribution in [0.1, 0.15) is 27.8 Å². The molecule has 0 saturated carbocycles. The number of rotatable bonds is 2. The molecule has 0 aliphatic heterocycles. The minimum absolute atomic E-state index is 0.358. The lowest BCUT2D eigenvalue weighted by Gasteiger charge is -2.30. The summed E-state index contributed by atoms with van der Waals surface area (Å²) in [5, 5.41) is 11.9. The van der Waals surface area contributed by atoms with Crippen molar-refractivity contribution in [2.75, 3.05) is 0 Å². The highest BCUT2D eigenvalue weighted by Gasteiger charge is 2.51. The molecule has 1 aromatic heterocycles. The van der Waals surface area contributed by atoms with Gasteiger partial charge in [0, 0.05) is 18.0 Å². The highest BCUT2D eigenvalue weighted by molar-refractivity contribution is 6.06. The molecule has 2 heteroatoms. The van der Waals surface area contributed by atoms with E-state index in [1.165, 1.54) is 60.8 Å². The van der Waals surface area contributed by atoms with E-state index in [1.54, 1.807) is 6.20 Å². The lowest BCUT2D eigenvalue weighted by atomic mass is 9.70. The first kappa shape index (κ1) is 23.9. The molecule has 0 atom stereocenters. The van der Waals surface area contributed by atoms with Crippen LogP contribution in [0.3, 0.4) is 0 Å². The van der Waals surface area contributed by atoms with Crippen molar-refractivity contribution in [1.29, 1.82) is 5.26 Å². The van der Waals surface area contributed by atoms with Crippen LogP contribution in [0, 0.1) is 11.3 Å². The summed E-state index contributed by atoms with van der Waals surface area (Å²) in [7, 11) is 0. The number of nitrogens with zero attached hydrogens (tertiary/aromatic N) is 2. The smallest absolute Gasteiger partial charge is 0.101 e. The normalized spacial score (nSPS) is 13.3. The molecule has 0 fully saturated rings. The van der Waals surface area contributed by atoms with Crippen LogP contribution < -0.4 is 0 Å². The molecule has 198 valence electrons. The van der Waals surface area contributed by atoms with E-state index in [4.69, 9.17) is 0 Å². The van der Waals surface area contributed by atoms with Crippen molar-refractivity contribution < 1.29 is 0 Å². The van der Waals surface area contributed by atoms with Crippen molar-refractivity contribution >= 4 is 10.8 Å². The van der Waals surface area contributed by atoms with Crippen LogP contribution >= 0.6 is 0 Å². The molecule has 9 rings (SSSR count). The standard InChI is InChI=1S/C41H24N2/c42-23-26-21-31(25-43-24-26)28-15-13-27(14-16-28)30-18-19-38-35(22-30)40-32-8-2-1-7-29(32)17-20-39(40)41(38)36-11-5-3-9-33(36)34-10-4-6-12-37(34)41/h1-22,24-25H. The summed E-state index contributed by atoms with van der Waals surface area (Å²) in [6.07, 6.45) is 3.40. The Bertz CT molecular complexity index is 2260. The van der Waals surface area contributed by atoms with Crippen LogP contribution in [0.2, 0.25) is 0 Å². The van der Waals surface area contributed by atoms with Crippen LogP contribution in [-0.2, 0) is 5.41 Å². The van der Waals surface area contributed by atoms with E-state index in [2.05, 4.69) is 138 Å². The van der Waals surface area contributed by atoms with Crippen molar-refractivity contribution in [2.45, 2.75) is 5.41 Å². The number of nitriles is 1. The van der Waals surface area contributed by atoms with Gasteiger partial charge in [-0.3, -0.25) is 4.98 Å². The maximum atomic E-state index is 9.31. The average Bonchev–Trinajstić information content (AvgIpc) is 3.55. The first-order valence-electron chi connectivity index (χ1n) is 14.6. The third kappa shape index (κ3) is 3.19. The SMILES string of the molecule is N#Cc1cncc(-c2ccc(-c3ccc4c(c3)-c3c(ccc5ccccc35)C43c4ccccc4-c4ccccc43)cc2)c1. The minimum Gasteiger partial charge on any atom is -0.263 e. The van der Waals surface area contributed by atoms with Gasteiger partial charge >= 0.3 is 0 Å². The van der Waals surface area contributed by atoms with Crippen LogP contribution in [0.4, 0.5) is 0 Å². The number of aromatic nitrogens is 1. The summed E-state index contributed by atoms with van der Waals surface area (Å²) >= 11 is 0. The molecule has 2 aliphatic rings. The Balaban J connectivity index is 1.29. The molecular formula is C41H24N2. The van der Waals surface area contributed by atoms with Gasteiger partial charge in [0.15, 0.2) is 0 Å². The van der Waals surface area contributed by atoms with Crippen molar-refractivity contribution in [3.8, 4) is 50.6 Å². The molecule has 0 radical (unpaired) electrons. The molecular weight excluding hydrogens is 520 g/mol. The average molecular weight is 545 g/mol. The Labute approximate surface area is 250 Å². The minimum atomic E-state index is -0.358. The van der Waals surface area contributed by atoms with Gasteiger partial charge in [-0.1, -0.05) is 121 Å². The Morgan fingerprint density at radius 1 is 0.488 bits per heavy atom. The van der Waals surface area contributed by atoms with Crippen LogP contribution in [0.5, 0.6) is 0 Å². The van der Waals surface area contributed by atoms with Gasteiger partial charge in [0.2, 0.25) is 0 Å². The maximum Gasteiger partial charge on any atom is 0.101 e. The van der Waals surface area contributed by atoms with Gasteiger partial charge in [0.25, 0.3) is 0 Å². The number of hydrogen-bond donors (Lipinski definition) is 0. The molecule has 7 aromatic rings. The summed E-state index contributed by atoms with van der Waals surface area (Å²) in [6.45, 7) is 0. The predicted octanol–water partition coefficient (Wildman–Crippen LogP) is 9.78. The van der Waals surface area contributed by atoms with Crippen LogP contribution in [0.25, 0.3) is 55.3 Å². The summed E-state index contributed by atoms with van der Waals surface area (Å²) in [5.41, 5.74) is 15.2. The Kier molecular flexibility index (Phi) is 4.92. The van der Waals surface area contributed by atoms with E-state index < -0.39 is 0 Å². The summed E-state index contributed by atoms with van der Waals surface area (Å²) in [4.78, 5) is 4.24. The molecule has 43 heavy (non-hydrogen) atoms. The summed E-state index contributed by atoms with van der Waals surface area (Å²) in [6, 6.07) is 51.0. The van der Waals surface area contributed by atoms with Crippen LogP contribution in [0.15, 0.2) is 146 Å². The first-order valence-corrected chi connectivity index (χ1v) is 14.6. The van der Waals surface area contributed by atoms with E-state index >= 15 is 0 Å². The van der Waals surface area contributed by atoms with Gasteiger partial charge in [-0.15, -0.1) is 0 Å². The van der Waals surface area contributed by atoms with Gasteiger partial charge in [0.05, 0.1) is 11.0 Å². The zero-order chi connectivity index (χ0) is 28.5. The number of benzene rings is 6. The fourth-order valence-corrected chi connectivity index (χ4v) is 7.61.